The molecule has 0 saturated carbocycles. The lowest BCUT2D eigenvalue weighted by Crippen LogP contribution is -2.27. The zero-order chi connectivity index (χ0) is 10.4. The molecule has 0 spiro atoms. The number of carboxylic acids is 1. The molecule has 1 amide bonds. The molecule has 1 aromatic rings. The van der Waals surface area contributed by atoms with E-state index in [9.17, 15) is 9.59 Å². The van der Waals surface area contributed by atoms with Crippen molar-refractivity contribution < 1.29 is 14.7 Å². The molecule has 5 heteroatoms. The van der Waals surface area contributed by atoms with E-state index in [1.165, 1.54) is 0 Å². The topological polar surface area (TPSA) is 82.2 Å². The average Bonchev–Trinajstić information content (AvgIpc) is 2.56. The summed E-state index contributed by atoms with van der Waals surface area (Å²) in [5.74, 6) is -1.07. The van der Waals surface area contributed by atoms with E-state index in [0.29, 0.717) is 0 Å². The number of carboxylic acid groups (broad SMARTS) is 1. The van der Waals surface area contributed by atoms with E-state index in [1.54, 1.807) is 18.5 Å². The van der Waals surface area contributed by atoms with E-state index in [2.05, 4.69) is 10.3 Å². The maximum Gasteiger partial charge on any atom is 0.305 e. The molecule has 14 heavy (non-hydrogen) atoms. The van der Waals surface area contributed by atoms with E-state index >= 15 is 0 Å². The van der Waals surface area contributed by atoms with Crippen LogP contribution in [0, 0.1) is 0 Å². The van der Waals surface area contributed by atoms with Gasteiger partial charge in [0, 0.05) is 18.9 Å². The van der Waals surface area contributed by atoms with E-state index in [0.717, 1.165) is 5.56 Å². The molecule has 76 valence electrons. The van der Waals surface area contributed by atoms with Gasteiger partial charge in [0.15, 0.2) is 0 Å². The summed E-state index contributed by atoms with van der Waals surface area (Å²) >= 11 is 0. The van der Waals surface area contributed by atoms with Crippen molar-refractivity contribution in [1.29, 1.82) is 0 Å². The lowest BCUT2D eigenvalue weighted by Gasteiger charge is -2.01. The second kappa shape index (κ2) is 5.06. The fourth-order valence-electron chi connectivity index (χ4n) is 1.03. The van der Waals surface area contributed by atoms with Crippen LogP contribution in [0.2, 0.25) is 0 Å². The highest BCUT2D eigenvalue weighted by molar-refractivity contribution is 5.79. The number of hydrogen-bond acceptors (Lipinski definition) is 2. The minimum absolute atomic E-state index is 0.0428. The van der Waals surface area contributed by atoms with Crippen LogP contribution < -0.4 is 5.32 Å². The molecule has 1 heterocycles. The Morgan fingerprint density at radius 1 is 1.50 bits per heavy atom. The van der Waals surface area contributed by atoms with Gasteiger partial charge < -0.3 is 15.4 Å². The summed E-state index contributed by atoms with van der Waals surface area (Å²) in [6.45, 7) is 0.179. The van der Waals surface area contributed by atoms with E-state index in [1.807, 2.05) is 0 Å². The summed E-state index contributed by atoms with van der Waals surface area (Å²) in [5, 5.41) is 10.8. The van der Waals surface area contributed by atoms with Gasteiger partial charge in [0.25, 0.3) is 0 Å². The first kappa shape index (κ1) is 10.3. The van der Waals surface area contributed by atoms with Crippen molar-refractivity contribution in [3.63, 3.8) is 0 Å². The second-order valence-corrected chi connectivity index (χ2v) is 2.89. The highest BCUT2D eigenvalue weighted by atomic mass is 16.4. The van der Waals surface area contributed by atoms with Crippen LogP contribution in [-0.2, 0) is 16.0 Å². The molecule has 1 rings (SSSR count). The molecule has 5 nitrogen and oxygen atoms in total. The molecule has 0 unspecified atom stereocenters. The number of aromatic amines is 1. The molecule has 0 aliphatic heterocycles. The zero-order valence-electron chi connectivity index (χ0n) is 7.62. The second-order valence-electron chi connectivity index (χ2n) is 2.89. The molecular weight excluding hydrogens is 184 g/mol. The standard InChI is InChI=1S/C9H12N2O3/c12-8(11-4-2-9(13)14)5-7-1-3-10-6-7/h1,3,6,10H,2,4-5H2,(H,11,12)(H,13,14). The molecule has 0 fully saturated rings. The number of carbonyl (C=O) groups excluding carboxylic acids is 1. The van der Waals surface area contributed by atoms with Crippen LogP contribution in [0.5, 0.6) is 0 Å². The third kappa shape index (κ3) is 3.75. The van der Waals surface area contributed by atoms with Crippen molar-refractivity contribution in [2.24, 2.45) is 0 Å². The van der Waals surface area contributed by atoms with Gasteiger partial charge in [-0.05, 0) is 11.6 Å². The molecule has 0 atom stereocenters. The predicted octanol–water partition coefficient (Wildman–Crippen LogP) is 0.148. The smallest absolute Gasteiger partial charge is 0.305 e. The van der Waals surface area contributed by atoms with Gasteiger partial charge in [0.05, 0.1) is 12.8 Å². The number of rotatable bonds is 5. The normalized spacial score (nSPS) is 9.71. The van der Waals surface area contributed by atoms with E-state index in [4.69, 9.17) is 5.11 Å². The monoisotopic (exact) mass is 196 g/mol. The van der Waals surface area contributed by atoms with Gasteiger partial charge in [0.2, 0.25) is 5.91 Å². The zero-order valence-corrected chi connectivity index (χ0v) is 7.62. The maximum atomic E-state index is 11.2. The largest absolute Gasteiger partial charge is 0.481 e. The predicted molar refractivity (Wildman–Crippen MR) is 49.8 cm³/mol. The number of H-pyrrole nitrogens is 1. The highest BCUT2D eigenvalue weighted by Gasteiger charge is 2.03. The van der Waals surface area contributed by atoms with E-state index in [-0.39, 0.29) is 25.3 Å². The molecule has 0 aliphatic rings. The maximum absolute atomic E-state index is 11.2. The third-order valence-corrected chi connectivity index (χ3v) is 1.69. The minimum atomic E-state index is -0.910. The van der Waals surface area contributed by atoms with Gasteiger partial charge in [-0.3, -0.25) is 9.59 Å². The fourth-order valence-corrected chi connectivity index (χ4v) is 1.03. The Balaban J connectivity index is 2.20. The summed E-state index contributed by atoms with van der Waals surface area (Å²) in [5.41, 5.74) is 0.887. The average molecular weight is 196 g/mol. The molecular formula is C9H12N2O3. The Bertz CT molecular complexity index is 306. The quantitative estimate of drug-likeness (QED) is 0.626. The number of amides is 1. The molecule has 0 saturated heterocycles. The van der Waals surface area contributed by atoms with Crippen LogP contribution >= 0.6 is 0 Å². The first-order valence-electron chi connectivity index (χ1n) is 4.28. The van der Waals surface area contributed by atoms with Crippen LogP contribution in [0.3, 0.4) is 0 Å². The van der Waals surface area contributed by atoms with E-state index < -0.39 is 5.97 Å². The van der Waals surface area contributed by atoms with Crippen molar-refractivity contribution in [1.82, 2.24) is 10.3 Å². The van der Waals surface area contributed by atoms with Gasteiger partial charge in [-0.2, -0.15) is 0 Å². The molecule has 0 aromatic carbocycles. The van der Waals surface area contributed by atoms with Gasteiger partial charge >= 0.3 is 5.97 Å². The third-order valence-electron chi connectivity index (χ3n) is 1.69. The molecule has 3 N–H and O–H groups in total. The molecule has 1 aromatic heterocycles. The van der Waals surface area contributed by atoms with Gasteiger partial charge in [-0.1, -0.05) is 0 Å². The van der Waals surface area contributed by atoms with Crippen molar-refractivity contribution >= 4 is 11.9 Å². The van der Waals surface area contributed by atoms with Crippen LogP contribution in [0.4, 0.5) is 0 Å². The fraction of sp³-hybridized carbons (Fsp3) is 0.333. The van der Waals surface area contributed by atoms with Crippen molar-refractivity contribution in [3.8, 4) is 0 Å². The molecule has 0 radical (unpaired) electrons. The number of aliphatic carboxylic acids is 1. The first-order valence-corrected chi connectivity index (χ1v) is 4.28. The Kier molecular flexibility index (Phi) is 3.72. The number of carbonyl (C=O) groups is 2. The number of aromatic nitrogens is 1. The number of nitrogens with one attached hydrogen (secondary N) is 2. The molecule has 0 bridgehead atoms. The van der Waals surface area contributed by atoms with Crippen molar-refractivity contribution in [2.45, 2.75) is 12.8 Å². The Labute approximate surface area is 81.1 Å². The van der Waals surface area contributed by atoms with Crippen LogP contribution in [0.25, 0.3) is 0 Å². The minimum Gasteiger partial charge on any atom is -0.481 e. The van der Waals surface area contributed by atoms with Gasteiger partial charge in [-0.25, -0.2) is 0 Å². The highest BCUT2D eigenvalue weighted by Crippen LogP contribution is 1.96. The summed E-state index contributed by atoms with van der Waals surface area (Å²) in [6.07, 6.45) is 3.71. The van der Waals surface area contributed by atoms with Crippen LogP contribution in [0.15, 0.2) is 18.5 Å². The number of hydrogen-bond donors (Lipinski definition) is 3. The Morgan fingerprint density at radius 3 is 2.86 bits per heavy atom. The Hall–Kier alpha value is -1.78. The molecule has 0 aliphatic carbocycles. The summed E-state index contributed by atoms with van der Waals surface area (Å²) in [4.78, 5) is 24.2. The van der Waals surface area contributed by atoms with Crippen LogP contribution in [-0.4, -0.2) is 28.5 Å². The lowest BCUT2D eigenvalue weighted by atomic mass is 10.2. The van der Waals surface area contributed by atoms with Gasteiger partial charge in [-0.15, -0.1) is 0 Å². The van der Waals surface area contributed by atoms with Gasteiger partial charge in [0.1, 0.15) is 0 Å². The SMILES string of the molecule is O=C(O)CCNC(=O)Cc1cc[nH]c1. The summed E-state index contributed by atoms with van der Waals surface area (Å²) in [6, 6.07) is 1.80. The van der Waals surface area contributed by atoms with Crippen LogP contribution in [0.1, 0.15) is 12.0 Å². The van der Waals surface area contributed by atoms with Crippen molar-refractivity contribution in [3.05, 3.63) is 24.0 Å². The lowest BCUT2D eigenvalue weighted by molar-refractivity contribution is -0.136. The first-order chi connectivity index (χ1) is 6.68. The Morgan fingerprint density at radius 2 is 2.29 bits per heavy atom. The van der Waals surface area contributed by atoms with Crippen molar-refractivity contribution in [2.75, 3.05) is 6.54 Å². The summed E-state index contributed by atoms with van der Waals surface area (Å²) < 4.78 is 0. The summed E-state index contributed by atoms with van der Waals surface area (Å²) in [7, 11) is 0.